The second-order valence-electron chi connectivity index (χ2n) is 14.9. The van der Waals surface area contributed by atoms with Crippen molar-refractivity contribution in [3.63, 3.8) is 0 Å². The molecule has 8 rings (SSSR count). The van der Waals surface area contributed by atoms with Gasteiger partial charge in [-0.1, -0.05) is 30.7 Å². The number of hydrogen-bond acceptors (Lipinski definition) is 7. The van der Waals surface area contributed by atoms with Crippen LogP contribution in [0.3, 0.4) is 0 Å². The third-order valence-corrected chi connectivity index (χ3v) is 11.6. The van der Waals surface area contributed by atoms with Crippen LogP contribution < -0.4 is 15.0 Å². The van der Waals surface area contributed by atoms with Crippen molar-refractivity contribution in [2.45, 2.75) is 58.2 Å². The van der Waals surface area contributed by atoms with Gasteiger partial charge in [0.25, 0.3) is 11.8 Å². The third kappa shape index (κ3) is 7.10. The summed E-state index contributed by atoms with van der Waals surface area (Å²) in [6.45, 7) is 6.86. The monoisotopic (exact) mass is 742 g/mol. The number of phenols is 1. The molecule has 284 valence electrons. The molecule has 2 amide bonds. The van der Waals surface area contributed by atoms with Crippen molar-refractivity contribution >= 4 is 23.2 Å². The lowest BCUT2D eigenvalue weighted by atomic mass is 9.89. The van der Waals surface area contributed by atoms with Crippen molar-refractivity contribution in [2.24, 2.45) is 7.05 Å². The molecule has 10 nitrogen and oxygen atoms in total. The molecule has 1 saturated heterocycles. The van der Waals surface area contributed by atoms with Gasteiger partial charge in [0.1, 0.15) is 5.75 Å². The molecule has 3 aromatic carbocycles. The van der Waals surface area contributed by atoms with E-state index in [4.69, 9.17) is 4.74 Å². The molecule has 0 radical (unpaired) electrons. The fourth-order valence-electron chi connectivity index (χ4n) is 8.47. The number of ether oxygens (including phenoxy) is 1. The van der Waals surface area contributed by atoms with Gasteiger partial charge in [0.2, 0.25) is 5.88 Å². The van der Waals surface area contributed by atoms with Crippen LogP contribution in [0.1, 0.15) is 67.9 Å². The van der Waals surface area contributed by atoms with Gasteiger partial charge in [-0.3, -0.25) is 14.5 Å². The van der Waals surface area contributed by atoms with Crippen LogP contribution in [0.25, 0.3) is 11.3 Å². The van der Waals surface area contributed by atoms with Gasteiger partial charge in [-0.15, -0.1) is 0 Å². The number of nitrogens with one attached hydrogen (secondary N) is 1. The average Bonchev–Trinajstić information content (AvgIpc) is 3.51. The van der Waals surface area contributed by atoms with Gasteiger partial charge in [0, 0.05) is 67.0 Å². The Morgan fingerprint density at radius 1 is 0.945 bits per heavy atom. The first-order chi connectivity index (χ1) is 26.7. The molecule has 1 fully saturated rings. The Morgan fingerprint density at radius 3 is 2.45 bits per heavy atom. The maximum atomic E-state index is 15.2. The maximum Gasteiger partial charge on any atom is 0.264 e. The van der Waals surface area contributed by atoms with Crippen molar-refractivity contribution in [2.75, 3.05) is 38.2 Å². The fraction of sp³-hybridized carbons (Fsp3) is 0.341. The van der Waals surface area contributed by atoms with Crippen LogP contribution in [0.4, 0.5) is 15.8 Å². The first-order valence-electron chi connectivity index (χ1n) is 19.2. The summed E-state index contributed by atoms with van der Waals surface area (Å²) in [7, 11) is 3.24. The SMILES string of the molecule is COc1ncc(N(C(=O)c2cc(-c3cc4c(cc3C(=O)N3Cc5ccccc5C[C@H]3CN3CCCCC3)CNCC4)n(C)c2C)c2ccc(O)cc2)cc1F. The number of carbonyl (C=O) groups excluding carboxylic acids is 2. The molecule has 0 unspecified atom stereocenters. The lowest BCUT2D eigenvalue weighted by Gasteiger charge is -2.41. The highest BCUT2D eigenvalue weighted by molar-refractivity contribution is 6.12. The summed E-state index contributed by atoms with van der Waals surface area (Å²) in [4.78, 5) is 40.0. The summed E-state index contributed by atoms with van der Waals surface area (Å²) in [5, 5.41) is 13.5. The van der Waals surface area contributed by atoms with Crippen LogP contribution in [0.15, 0.2) is 79.0 Å². The number of anilines is 2. The number of hydrogen-bond donors (Lipinski definition) is 2. The molecule has 11 heteroatoms. The highest BCUT2D eigenvalue weighted by Gasteiger charge is 2.35. The van der Waals surface area contributed by atoms with Crippen LogP contribution in [0.5, 0.6) is 11.6 Å². The van der Waals surface area contributed by atoms with E-state index in [1.807, 2.05) is 30.7 Å². The minimum absolute atomic E-state index is 0.0166. The predicted molar refractivity (Wildman–Crippen MR) is 210 cm³/mol. The molecule has 0 spiro atoms. The Balaban J connectivity index is 1.22. The molecule has 5 heterocycles. The van der Waals surface area contributed by atoms with Gasteiger partial charge in [-0.25, -0.2) is 9.37 Å². The average molecular weight is 743 g/mol. The van der Waals surface area contributed by atoms with Gasteiger partial charge in [-0.05, 0) is 117 Å². The largest absolute Gasteiger partial charge is 0.508 e. The molecule has 1 atom stereocenters. The second-order valence-corrected chi connectivity index (χ2v) is 14.9. The second kappa shape index (κ2) is 15.3. The highest BCUT2D eigenvalue weighted by atomic mass is 19.1. The molecule has 0 aliphatic carbocycles. The molecule has 0 bridgehead atoms. The fourth-order valence-corrected chi connectivity index (χ4v) is 8.47. The molecule has 5 aromatic rings. The third-order valence-electron chi connectivity index (χ3n) is 11.6. The number of likely N-dealkylation sites (tertiary alicyclic amines) is 1. The maximum absolute atomic E-state index is 15.2. The number of benzene rings is 3. The quantitative estimate of drug-likeness (QED) is 0.178. The summed E-state index contributed by atoms with van der Waals surface area (Å²) in [6, 6.07) is 21.9. The molecular weight excluding hydrogens is 696 g/mol. The predicted octanol–water partition coefficient (Wildman–Crippen LogP) is 6.93. The van der Waals surface area contributed by atoms with E-state index in [1.165, 1.54) is 72.4 Å². The summed E-state index contributed by atoms with van der Waals surface area (Å²) < 4.78 is 22.1. The van der Waals surface area contributed by atoms with E-state index < -0.39 is 11.7 Å². The zero-order chi connectivity index (χ0) is 38.2. The Morgan fingerprint density at radius 2 is 1.71 bits per heavy atom. The normalized spacial score (nSPS) is 17.0. The van der Waals surface area contributed by atoms with E-state index in [2.05, 4.69) is 50.4 Å². The number of rotatable bonds is 8. The molecule has 3 aliphatic rings. The summed E-state index contributed by atoms with van der Waals surface area (Å²) in [5.41, 5.74) is 8.56. The summed E-state index contributed by atoms with van der Waals surface area (Å²) in [6.07, 6.45) is 6.63. The van der Waals surface area contributed by atoms with Crippen LogP contribution in [0.2, 0.25) is 0 Å². The van der Waals surface area contributed by atoms with Crippen molar-refractivity contribution in [1.82, 2.24) is 24.7 Å². The first-order valence-corrected chi connectivity index (χ1v) is 19.2. The number of amides is 2. The zero-order valence-electron chi connectivity index (χ0n) is 31.6. The number of phenolic OH excluding ortho intramolecular Hbond substituents is 1. The summed E-state index contributed by atoms with van der Waals surface area (Å²) >= 11 is 0. The van der Waals surface area contributed by atoms with E-state index in [0.717, 1.165) is 55.8 Å². The number of halogens is 1. The minimum atomic E-state index is -0.715. The number of carbonyl (C=O) groups is 2. The number of fused-ring (bicyclic) bond motifs is 2. The van der Waals surface area contributed by atoms with E-state index in [-0.39, 0.29) is 29.3 Å². The van der Waals surface area contributed by atoms with Crippen molar-refractivity contribution in [3.8, 4) is 22.9 Å². The molecule has 3 aliphatic heterocycles. The van der Waals surface area contributed by atoms with Crippen molar-refractivity contribution in [3.05, 3.63) is 124 Å². The van der Waals surface area contributed by atoms with E-state index >= 15 is 9.18 Å². The highest BCUT2D eigenvalue weighted by Crippen LogP contribution is 2.37. The Bertz CT molecular complexity index is 2250. The summed E-state index contributed by atoms with van der Waals surface area (Å²) in [5.74, 6) is -1.30. The molecule has 2 aromatic heterocycles. The van der Waals surface area contributed by atoms with Crippen LogP contribution >= 0.6 is 0 Å². The van der Waals surface area contributed by atoms with Gasteiger partial charge >= 0.3 is 0 Å². The van der Waals surface area contributed by atoms with E-state index in [0.29, 0.717) is 35.6 Å². The van der Waals surface area contributed by atoms with Gasteiger partial charge in [0.15, 0.2) is 5.82 Å². The molecule has 2 N–H and O–H groups in total. The zero-order valence-corrected chi connectivity index (χ0v) is 31.6. The number of piperidine rings is 1. The Hall–Kier alpha value is -5.52. The van der Waals surface area contributed by atoms with Crippen molar-refractivity contribution < 1.29 is 23.8 Å². The van der Waals surface area contributed by atoms with Crippen LogP contribution in [-0.2, 0) is 33.0 Å². The Kier molecular flexibility index (Phi) is 10.2. The molecule has 55 heavy (non-hydrogen) atoms. The van der Waals surface area contributed by atoms with E-state index in [1.54, 1.807) is 12.1 Å². The number of methoxy groups -OCH3 is 1. The smallest absolute Gasteiger partial charge is 0.264 e. The standard InChI is InChI=1S/C44H47FN6O4/c1-28-37(44(54)51(33-11-13-36(52)14-12-33)34-22-40(45)42(55-3)47-25-34)23-41(48(28)2)38-20-30-15-16-46-24-32(30)21-39(38)43(53)50-26-31-10-6-5-9-29(31)19-35(50)27-49-17-7-4-8-18-49/h5-6,9-14,20-23,25,35,46,52H,4,7-8,15-19,24,26-27H2,1-3H3/t35-/m0/s1. The first kappa shape index (κ1) is 36.5. The Labute approximate surface area is 321 Å². The minimum Gasteiger partial charge on any atom is -0.508 e. The number of pyridine rings is 1. The van der Waals surface area contributed by atoms with Gasteiger partial charge < -0.3 is 29.5 Å². The molecule has 0 saturated carbocycles. The number of aromatic nitrogens is 2. The lowest BCUT2D eigenvalue weighted by molar-refractivity contribution is 0.0566. The lowest BCUT2D eigenvalue weighted by Crippen LogP contribution is -2.51. The number of aromatic hydroxyl groups is 1. The van der Waals surface area contributed by atoms with Crippen molar-refractivity contribution in [1.29, 1.82) is 0 Å². The van der Waals surface area contributed by atoms with E-state index in [9.17, 15) is 9.90 Å². The van der Waals surface area contributed by atoms with Gasteiger partial charge in [0.05, 0.1) is 24.6 Å². The van der Waals surface area contributed by atoms with Crippen LogP contribution in [0, 0.1) is 12.7 Å². The topological polar surface area (TPSA) is 103 Å². The van der Waals surface area contributed by atoms with Crippen LogP contribution in [-0.4, -0.2) is 75.6 Å². The van der Waals surface area contributed by atoms with Gasteiger partial charge in [-0.2, -0.15) is 0 Å². The number of nitrogens with zero attached hydrogens (tertiary/aromatic N) is 5. The molecular formula is C44H47FN6O4.